The van der Waals surface area contributed by atoms with Crippen LogP contribution in [-0.4, -0.2) is 70.9 Å². The minimum absolute atomic E-state index is 0.114. The lowest BCUT2D eigenvalue weighted by atomic mass is 10.1. The van der Waals surface area contributed by atoms with Crippen LogP contribution in [0, 0.1) is 0 Å². The highest BCUT2D eigenvalue weighted by Crippen LogP contribution is 2.30. The molecule has 1 aromatic carbocycles. The molecule has 32 heavy (non-hydrogen) atoms. The van der Waals surface area contributed by atoms with Crippen molar-refractivity contribution >= 4 is 5.91 Å². The first-order valence-corrected chi connectivity index (χ1v) is 12.2. The van der Waals surface area contributed by atoms with Gasteiger partial charge in [0.1, 0.15) is 11.5 Å². The molecular weight excluding hydrogens is 400 g/mol. The van der Waals surface area contributed by atoms with Gasteiger partial charge in [0.15, 0.2) is 0 Å². The molecule has 1 aromatic heterocycles. The molecule has 0 atom stereocenters. The van der Waals surface area contributed by atoms with Crippen LogP contribution in [0.2, 0.25) is 0 Å². The number of rotatable bonds is 6. The van der Waals surface area contributed by atoms with Crippen molar-refractivity contribution in [3.05, 3.63) is 53.9 Å². The molecule has 5 rings (SSSR count). The van der Waals surface area contributed by atoms with Gasteiger partial charge in [-0.05, 0) is 69.5 Å². The molecule has 2 saturated heterocycles. The first kappa shape index (κ1) is 21.4. The fourth-order valence-electron chi connectivity index (χ4n) is 4.93. The van der Waals surface area contributed by atoms with Crippen molar-refractivity contribution in [3.63, 3.8) is 0 Å². The van der Waals surface area contributed by atoms with E-state index in [1.54, 1.807) is 12.4 Å². The van der Waals surface area contributed by atoms with E-state index in [9.17, 15) is 4.79 Å². The van der Waals surface area contributed by atoms with Crippen LogP contribution >= 0.6 is 0 Å². The van der Waals surface area contributed by atoms with Crippen molar-refractivity contribution in [1.29, 1.82) is 0 Å². The number of hydrogen-bond donors (Lipinski definition) is 0. The molecule has 3 fully saturated rings. The summed E-state index contributed by atoms with van der Waals surface area (Å²) < 4.78 is 6.24. The monoisotopic (exact) mass is 434 g/mol. The Labute approximate surface area is 191 Å². The van der Waals surface area contributed by atoms with Crippen LogP contribution < -0.4 is 4.74 Å². The van der Waals surface area contributed by atoms with Crippen molar-refractivity contribution in [2.75, 3.05) is 39.3 Å². The Morgan fingerprint density at radius 2 is 1.84 bits per heavy atom. The van der Waals surface area contributed by atoms with Crippen molar-refractivity contribution in [2.24, 2.45) is 0 Å². The molecule has 2 aromatic rings. The van der Waals surface area contributed by atoms with Crippen LogP contribution in [0.15, 0.2) is 42.7 Å². The summed E-state index contributed by atoms with van der Waals surface area (Å²) in [6, 6.07) is 10.6. The summed E-state index contributed by atoms with van der Waals surface area (Å²) in [4.78, 5) is 24.6. The third kappa shape index (κ3) is 5.30. The third-order valence-corrected chi connectivity index (χ3v) is 6.90. The fourth-order valence-corrected chi connectivity index (χ4v) is 4.93. The van der Waals surface area contributed by atoms with Crippen LogP contribution in [0.25, 0.3) is 0 Å². The van der Waals surface area contributed by atoms with Gasteiger partial charge < -0.3 is 9.64 Å². The Balaban J connectivity index is 1.34. The lowest BCUT2D eigenvalue weighted by molar-refractivity contribution is 0.0760. The number of piperidine rings is 1. The molecule has 0 bridgehead atoms. The van der Waals surface area contributed by atoms with E-state index in [0.717, 1.165) is 69.6 Å². The summed E-state index contributed by atoms with van der Waals surface area (Å²) in [5.41, 5.74) is 1.84. The highest BCUT2D eigenvalue weighted by molar-refractivity contribution is 5.94. The smallest absolute Gasteiger partial charge is 0.254 e. The standard InChI is InChI=1S/C26H34N4O2/c31-26(30-15-5-14-29(16-17-30)23-9-10-23)21-7-8-22(20-28-12-2-1-3-13-28)25(18-21)32-24-6-4-11-27-19-24/h4,6-8,11,18-19,23H,1-3,5,9-10,12-17,20H2. The van der Waals surface area contributed by atoms with E-state index >= 15 is 0 Å². The lowest BCUT2D eigenvalue weighted by Crippen LogP contribution is -2.35. The molecule has 0 unspecified atom stereocenters. The molecule has 0 N–H and O–H groups in total. The topological polar surface area (TPSA) is 48.9 Å². The van der Waals surface area contributed by atoms with Gasteiger partial charge in [0, 0.05) is 56.1 Å². The summed E-state index contributed by atoms with van der Waals surface area (Å²) >= 11 is 0. The number of pyridine rings is 1. The molecule has 1 saturated carbocycles. The van der Waals surface area contributed by atoms with Gasteiger partial charge in [-0.3, -0.25) is 19.6 Å². The quantitative estimate of drug-likeness (QED) is 0.683. The average molecular weight is 435 g/mol. The zero-order valence-corrected chi connectivity index (χ0v) is 18.9. The molecule has 6 nitrogen and oxygen atoms in total. The molecule has 3 aliphatic rings. The van der Waals surface area contributed by atoms with E-state index in [4.69, 9.17) is 4.74 Å². The van der Waals surface area contributed by atoms with Gasteiger partial charge in [0.2, 0.25) is 0 Å². The maximum atomic E-state index is 13.4. The van der Waals surface area contributed by atoms with Crippen molar-refractivity contribution in [3.8, 4) is 11.5 Å². The minimum atomic E-state index is 0.114. The summed E-state index contributed by atoms with van der Waals surface area (Å²) in [5.74, 6) is 1.58. The van der Waals surface area contributed by atoms with Gasteiger partial charge in [0.25, 0.3) is 5.91 Å². The van der Waals surface area contributed by atoms with E-state index < -0.39 is 0 Å². The van der Waals surface area contributed by atoms with Crippen LogP contribution in [0.5, 0.6) is 11.5 Å². The second-order valence-corrected chi connectivity index (χ2v) is 9.36. The molecule has 2 aliphatic heterocycles. The van der Waals surface area contributed by atoms with Crippen LogP contribution in [0.1, 0.15) is 54.4 Å². The molecule has 0 radical (unpaired) electrons. The maximum absolute atomic E-state index is 13.4. The fraction of sp³-hybridized carbons (Fsp3) is 0.538. The lowest BCUT2D eigenvalue weighted by Gasteiger charge is -2.27. The summed E-state index contributed by atoms with van der Waals surface area (Å²) in [5, 5.41) is 0. The normalized spacial score (nSPS) is 20.7. The van der Waals surface area contributed by atoms with Gasteiger partial charge >= 0.3 is 0 Å². The Hall–Kier alpha value is -2.44. The Bertz CT molecular complexity index is 909. The molecule has 6 heteroatoms. The van der Waals surface area contributed by atoms with E-state index in [1.807, 2.05) is 29.2 Å². The first-order chi connectivity index (χ1) is 15.8. The molecule has 0 spiro atoms. The van der Waals surface area contributed by atoms with Gasteiger partial charge in [0.05, 0.1) is 6.20 Å². The van der Waals surface area contributed by atoms with E-state index in [2.05, 4.69) is 20.9 Å². The zero-order chi connectivity index (χ0) is 21.8. The van der Waals surface area contributed by atoms with E-state index in [-0.39, 0.29) is 5.91 Å². The number of carbonyl (C=O) groups is 1. The number of nitrogens with zero attached hydrogens (tertiary/aromatic N) is 4. The minimum Gasteiger partial charge on any atom is -0.455 e. The van der Waals surface area contributed by atoms with Gasteiger partial charge in [-0.1, -0.05) is 12.5 Å². The van der Waals surface area contributed by atoms with Gasteiger partial charge in [-0.15, -0.1) is 0 Å². The van der Waals surface area contributed by atoms with Crippen molar-refractivity contribution < 1.29 is 9.53 Å². The molecule has 170 valence electrons. The van der Waals surface area contributed by atoms with Gasteiger partial charge in [-0.2, -0.15) is 0 Å². The molecular formula is C26H34N4O2. The van der Waals surface area contributed by atoms with Crippen LogP contribution in [0.4, 0.5) is 0 Å². The van der Waals surface area contributed by atoms with E-state index in [1.165, 1.54) is 32.1 Å². The van der Waals surface area contributed by atoms with Crippen LogP contribution in [0.3, 0.4) is 0 Å². The van der Waals surface area contributed by atoms with E-state index in [0.29, 0.717) is 11.3 Å². The summed E-state index contributed by atoms with van der Waals surface area (Å²) in [7, 11) is 0. The first-order valence-electron chi connectivity index (χ1n) is 12.2. The number of hydrogen-bond acceptors (Lipinski definition) is 5. The maximum Gasteiger partial charge on any atom is 0.254 e. The predicted molar refractivity (Wildman–Crippen MR) is 125 cm³/mol. The Morgan fingerprint density at radius 1 is 0.969 bits per heavy atom. The van der Waals surface area contributed by atoms with Crippen LogP contribution in [-0.2, 0) is 6.54 Å². The number of carbonyl (C=O) groups excluding carboxylic acids is 1. The second kappa shape index (κ2) is 10.0. The summed E-state index contributed by atoms with van der Waals surface area (Å²) in [6.07, 6.45) is 11.0. The van der Waals surface area contributed by atoms with Crippen molar-refractivity contribution in [2.45, 2.75) is 51.1 Å². The molecule has 1 amide bonds. The number of amides is 1. The highest BCUT2D eigenvalue weighted by atomic mass is 16.5. The zero-order valence-electron chi connectivity index (χ0n) is 18.9. The highest BCUT2D eigenvalue weighted by Gasteiger charge is 2.31. The second-order valence-electron chi connectivity index (χ2n) is 9.36. The number of ether oxygens (including phenoxy) is 1. The third-order valence-electron chi connectivity index (χ3n) is 6.90. The average Bonchev–Trinajstić information content (AvgIpc) is 3.68. The van der Waals surface area contributed by atoms with Crippen molar-refractivity contribution in [1.82, 2.24) is 19.7 Å². The summed E-state index contributed by atoms with van der Waals surface area (Å²) in [6.45, 7) is 6.84. The predicted octanol–water partition coefficient (Wildman–Crippen LogP) is 4.17. The Morgan fingerprint density at radius 3 is 2.62 bits per heavy atom. The largest absolute Gasteiger partial charge is 0.455 e. The molecule has 3 heterocycles. The SMILES string of the molecule is O=C(c1ccc(CN2CCCCC2)c(Oc2cccnc2)c1)N1CCCN(C2CC2)CC1. The molecule has 1 aliphatic carbocycles. The number of likely N-dealkylation sites (tertiary alicyclic amines) is 1. The number of benzene rings is 1. The Kier molecular flexibility index (Phi) is 6.69. The number of aromatic nitrogens is 1. The van der Waals surface area contributed by atoms with Gasteiger partial charge in [-0.25, -0.2) is 0 Å².